The Kier molecular flexibility index (Phi) is 18.1. The van der Waals surface area contributed by atoms with Gasteiger partial charge in [0, 0.05) is 0 Å². The van der Waals surface area contributed by atoms with Crippen molar-refractivity contribution >= 4 is 0 Å². The van der Waals surface area contributed by atoms with Gasteiger partial charge in [0.25, 0.3) is 0 Å². The zero-order valence-electron chi connectivity index (χ0n) is 15.3. The van der Waals surface area contributed by atoms with Gasteiger partial charge in [0.2, 0.25) is 0 Å². The van der Waals surface area contributed by atoms with E-state index in [2.05, 4.69) is 12.1 Å². The maximum absolute atomic E-state index is 8.63. The van der Waals surface area contributed by atoms with Crippen molar-refractivity contribution in [2.24, 2.45) is 0 Å². The van der Waals surface area contributed by atoms with Crippen LogP contribution >= 0.6 is 0 Å². The molecule has 0 unspecified atom stereocenters. The molecule has 0 atom stereocenters. The van der Waals surface area contributed by atoms with E-state index in [9.17, 15) is 0 Å². The Morgan fingerprint density at radius 1 is 0.464 bits per heavy atom. The van der Waals surface area contributed by atoms with Crippen molar-refractivity contribution in [2.45, 2.75) is 0 Å². The van der Waals surface area contributed by atoms with Gasteiger partial charge in [0.05, 0.1) is 0 Å². The molecule has 0 saturated carbocycles. The van der Waals surface area contributed by atoms with Crippen LogP contribution in [0.1, 0.15) is 0 Å². The van der Waals surface area contributed by atoms with Crippen LogP contribution in [-0.4, -0.2) is 10.2 Å². The third kappa shape index (κ3) is 17.8. The molecule has 0 heterocycles. The molecule has 0 amide bonds. The van der Waals surface area contributed by atoms with Crippen LogP contribution in [0.25, 0.3) is 0 Å². The molecular weight excluding hydrogens is 384 g/mol. The van der Waals surface area contributed by atoms with Gasteiger partial charge in [-0.25, -0.2) is 0 Å². The maximum Gasteiger partial charge on any atom is -0.171 e. The Morgan fingerprint density at radius 2 is 0.714 bits per heavy atom. The van der Waals surface area contributed by atoms with Crippen molar-refractivity contribution in [2.75, 3.05) is 0 Å². The average molecular weight is 406 g/mol. The van der Waals surface area contributed by atoms with Gasteiger partial charge < -0.3 is 10.2 Å². The van der Waals surface area contributed by atoms with E-state index in [0.29, 0.717) is 11.5 Å². The Balaban J connectivity index is 0.000000338. The monoisotopic (exact) mass is 406 g/mol. The molecule has 140 valence electrons. The van der Waals surface area contributed by atoms with E-state index < -0.39 is 0 Å². The predicted octanol–water partition coefficient (Wildman–Crippen LogP) is 5.64. The molecule has 0 spiro atoms. The molecule has 0 saturated heterocycles. The zero-order chi connectivity index (χ0) is 20.7. The molecule has 4 rings (SSSR count). The number of aromatic hydroxyl groups is 2. The molecular formula is C24H22O3Ti. The number of benzene rings is 4. The fourth-order valence-corrected chi connectivity index (χ4v) is 1.54. The normalized spacial score (nSPS) is 7.93. The van der Waals surface area contributed by atoms with E-state index in [0.717, 1.165) is 20.4 Å². The number of rotatable bonds is 0. The van der Waals surface area contributed by atoms with Gasteiger partial charge >= 0.3 is 23.7 Å². The molecule has 0 aliphatic rings. The first kappa shape index (κ1) is 25.0. The summed E-state index contributed by atoms with van der Waals surface area (Å²) in [5.74, 6) is 0.644. The van der Waals surface area contributed by atoms with E-state index in [1.54, 1.807) is 48.5 Å². The number of hydrogen-bond donors (Lipinski definition) is 2. The SMILES string of the molecule is Oc1ccccc1.Oc1ccccc1.[O]=[Ti+2].[c-]1ccccc1.[c-]1ccccc1. The zero-order valence-corrected chi connectivity index (χ0v) is 16.9. The van der Waals surface area contributed by atoms with Gasteiger partial charge in [0.15, 0.2) is 0 Å². The molecule has 0 fully saturated rings. The summed E-state index contributed by atoms with van der Waals surface area (Å²) in [6.07, 6.45) is 0. The van der Waals surface area contributed by atoms with Crippen LogP contribution in [0.5, 0.6) is 11.5 Å². The van der Waals surface area contributed by atoms with Crippen molar-refractivity contribution in [1.29, 1.82) is 0 Å². The van der Waals surface area contributed by atoms with Crippen molar-refractivity contribution < 1.29 is 33.9 Å². The van der Waals surface area contributed by atoms with Crippen LogP contribution < -0.4 is 0 Å². The topological polar surface area (TPSA) is 57.5 Å². The summed E-state index contributed by atoms with van der Waals surface area (Å²) in [5, 5.41) is 17.3. The summed E-state index contributed by atoms with van der Waals surface area (Å²) in [4.78, 5) is 0. The third-order valence-corrected chi connectivity index (χ3v) is 2.73. The molecule has 2 N–H and O–H groups in total. The van der Waals surface area contributed by atoms with E-state index in [1.165, 1.54) is 0 Å². The molecule has 28 heavy (non-hydrogen) atoms. The summed E-state index contributed by atoms with van der Waals surface area (Å²) < 4.78 is 8.25. The minimum atomic E-state index is 0.322. The fourth-order valence-electron chi connectivity index (χ4n) is 1.54. The number of phenols is 2. The number of hydrogen-bond acceptors (Lipinski definition) is 3. The van der Waals surface area contributed by atoms with Crippen LogP contribution in [0.15, 0.2) is 121 Å². The number of phenolic OH excluding ortho intramolecular Hbond substituents is 2. The quantitative estimate of drug-likeness (QED) is 0.294. The van der Waals surface area contributed by atoms with E-state index in [1.807, 2.05) is 72.8 Å². The molecule has 0 aliphatic heterocycles. The van der Waals surface area contributed by atoms with Crippen LogP contribution in [0, 0.1) is 12.1 Å². The first-order valence-corrected chi connectivity index (χ1v) is 8.93. The van der Waals surface area contributed by atoms with Gasteiger partial charge in [-0.15, -0.1) is 0 Å². The smallest absolute Gasteiger partial charge is 0.171 e. The van der Waals surface area contributed by atoms with Gasteiger partial charge in [0.1, 0.15) is 11.5 Å². The van der Waals surface area contributed by atoms with Gasteiger partial charge in [-0.3, -0.25) is 0 Å². The number of para-hydroxylation sites is 2. The minimum Gasteiger partial charge on any atom is -0.184 e. The molecule has 0 aliphatic carbocycles. The van der Waals surface area contributed by atoms with Gasteiger partial charge in [-0.2, -0.15) is 72.8 Å². The van der Waals surface area contributed by atoms with E-state index >= 15 is 0 Å². The van der Waals surface area contributed by atoms with Crippen LogP contribution in [0.3, 0.4) is 0 Å². The Labute approximate surface area is 178 Å². The largest absolute Gasteiger partial charge is 0.184 e. The van der Waals surface area contributed by atoms with Crippen molar-refractivity contribution in [1.82, 2.24) is 0 Å². The standard InChI is InChI=1S/2C6H6O.2C6H5.O.Ti/c2*7-6-4-2-1-3-5-6;2*1-2-4-6-5-3-1;;/h2*1-5,7H;2*1-5H;;/q;;2*-1;;+2. The summed E-state index contributed by atoms with van der Waals surface area (Å²) in [6.45, 7) is 0. The molecule has 4 aromatic carbocycles. The van der Waals surface area contributed by atoms with E-state index in [4.69, 9.17) is 13.5 Å². The Morgan fingerprint density at radius 3 is 0.821 bits per heavy atom. The Bertz CT molecular complexity index is 645. The molecule has 3 nitrogen and oxygen atoms in total. The first-order valence-electron chi connectivity index (χ1n) is 8.29. The third-order valence-electron chi connectivity index (χ3n) is 2.73. The second-order valence-corrected chi connectivity index (χ2v) is 4.83. The molecule has 4 heteroatoms. The summed E-state index contributed by atoms with van der Waals surface area (Å²) in [6, 6.07) is 42.4. The van der Waals surface area contributed by atoms with Crippen molar-refractivity contribution in [3.05, 3.63) is 133 Å². The predicted molar refractivity (Wildman–Crippen MR) is 107 cm³/mol. The van der Waals surface area contributed by atoms with Crippen LogP contribution in [-0.2, 0) is 23.7 Å². The molecule has 0 radical (unpaired) electrons. The second kappa shape index (κ2) is 20.3. The van der Waals surface area contributed by atoms with Gasteiger partial charge in [-0.05, 0) is 24.3 Å². The summed E-state index contributed by atoms with van der Waals surface area (Å²) >= 11 is 0.750. The minimum absolute atomic E-state index is 0.322. The molecule has 4 aromatic rings. The molecule has 0 bridgehead atoms. The average Bonchev–Trinajstić information content (AvgIpc) is 2.80. The van der Waals surface area contributed by atoms with Crippen molar-refractivity contribution in [3.8, 4) is 11.5 Å². The van der Waals surface area contributed by atoms with E-state index in [-0.39, 0.29) is 0 Å². The van der Waals surface area contributed by atoms with Crippen molar-refractivity contribution in [3.63, 3.8) is 0 Å². The second-order valence-electron chi connectivity index (χ2n) is 4.83. The Hall–Kier alpha value is -3.01. The maximum atomic E-state index is 8.63. The van der Waals surface area contributed by atoms with Gasteiger partial charge in [-0.1, -0.05) is 36.4 Å². The fraction of sp³-hybridized carbons (Fsp3) is 0. The summed E-state index contributed by atoms with van der Waals surface area (Å²) in [7, 11) is 0. The van der Waals surface area contributed by atoms with Crippen LogP contribution in [0.4, 0.5) is 0 Å². The molecule has 0 aromatic heterocycles. The first-order chi connectivity index (χ1) is 13.8. The summed E-state index contributed by atoms with van der Waals surface area (Å²) in [5.41, 5.74) is 0. The van der Waals surface area contributed by atoms with Crippen LogP contribution in [0.2, 0.25) is 0 Å².